The van der Waals surface area contributed by atoms with Crippen LogP contribution in [0.1, 0.15) is 5.56 Å². The molecule has 4 aromatic rings. The van der Waals surface area contributed by atoms with E-state index >= 15 is 0 Å². The van der Waals surface area contributed by atoms with E-state index < -0.39 is 0 Å². The van der Waals surface area contributed by atoms with E-state index in [1.165, 1.54) is 5.56 Å². The standard InChI is InChI=1S/C18H17N5O3/c1-24-12-6-4-11(5-7-12)8-9-20-18-22-15(19)14-17(23-18)26-16(21-14)13-3-2-10-25-13/h2-7,10H,8-9H2,1H3,(H3,19,20,22,23). The smallest absolute Gasteiger partial charge is 0.265 e. The molecule has 0 saturated heterocycles. The first-order valence-electron chi connectivity index (χ1n) is 8.07. The fraction of sp³-hybridized carbons (Fsp3) is 0.167. The second-order valence-corrected chi connectivity index (χ2v) is 5.61. The zero-order valence-electron chi connectivity index (χ0n) is 14.1. The summed E-state index contributed by atoms with van der Waals surface area (Å²) < 4.78 is 16.1. The Morgan fingerprint density at radius 1 is 1.12 bits per heavy atom. The zero-order chi connectivity index (χ0) is 17.9. The van der Waals surface area contributed by atoms with Crippen molar-refractivity contribution in [1.29, 1.82) is 0 Å². The van der Waals surface area contributed by atoms with Gasteiger partial charge in [0.05, 0.1) is 13.4 Å². The van der Waals surface area contributed by atoms with Gasteiger partial charge in [-0.25, -0.2) is 4.98 Å². The molecule has 8 heteroatoms. The Hall–Kier alpha value is -3.55. The maximum atomic E-state index is 5.98. The summed E-state index contributed by atoms with van der Waals surface area (Å²) in [6.45, 7) is 0.649. The maximum absolute atomic E-state index is 5.98. The number of nitrogens with zero attached hydrogens (tertiary/aromatic N) is 3. The largest absolute Gasteiger partial charge is 0.497 e. The first-order valence-corrected chi connectivity index (χ1v) is 8.07. The number of benzene rings is 1. The number of anilines is 2. The Morgan fingerprint density at radius 3 is 2.69 bits per heavy atom. The highest BCUT2D eigenvalue weighted by atomic mass is 16.5. The van der Waals surface area contributed by atoms with Crippen molar-refractivity contribution in [3.8, 4) is 17.4 Å². The van der Waals surface area contributed by atoms with Crippen LogP contribution in [0.15, 0.2) is 51.5 Å². The number of aromatic nitrogens is 3. The van der Waals surface area contributed by atoms with Crippen molar-refractivity contribution in [2.75, 3.05) is 24.7 Å². The number of nitrogen functional groups attached to an aromatic ring is 1. The topological polar surface area (TPSA) is 112 Å². The van der Waals surface area contributed by atoms with Crippen LogP contribution in [-0.4, -0.2) is 28.6 Å². The van der Waals surface area contributed by atoms with Crippen LogP contribution in [0, 0.1) is 0 Å². The van der Waals surface area contributed by atoms with Crippen LogP contribution < -0.4 is 15.8 Å². The molecule has 0 unspecified atom stereocenters. The predicted octanol–water partition coefficient (Wildman–Crippen LogP) is 3.12. The van der Waals surface area contributed by atoms with Crippen LogP contribution in [0.25, 0.3) is 22.9 Å². The number of ether oxygens (including phenoxy) is 1. The number of nitrogens with one attached hydrogen (secondary N) is 1. The van der Waals surface area contributed by atoms with Gasteiger partial charge in [0.1, 0.15) is 5.75 Å². The maximum Gasteiger partial charge on any atom is 0.265 e. The van der Waals surface area contributed by atoms with Crippen molar-refractivity contribution < 1.29 is 13.6 Å². The average molecular weight is 351 g/mol. The van der Waals surface area contributed by atoms with Crippen molar-refractivity contribution in [2.45, 2.75) is 6.42 Å². The lowest BCUT2D eigenvalue weighted by Crippen LogP contribution is -2.09. The summed E-state index contributed by atoms with van der Waals surface area (Å²) in [6.07, 6.45) is 2.35. The molecule has 0 spiro atoms. The second-order valence-electron chi connectivity index (χ2n) is 5.61. The first-order chi connectivity index (χ1) is 12.7. The van der Waals surface area contributed by atoms with Crippen molar-refractivity contribution in [3.05, 3.63) is 48.2 Å². The Bertz CT molecular complexity index is 1010. The molecule has 0 atom stereocenters. The number of nitrogens with two attached hydrogens (primary N) is 1. The molecule has 132 valence electrons. The number of fused-ring (bicyclic) bond motifs is 1. The highest BCUT2D eigenvalue weighted by Gasteiger charge is 2.15. The van der Waals surface area contributed by atoms with Crippen LogP contribution in [0.3, 0.4) is 0 Å². The summed E-state index contributed by atoms with van der Waals surface area (Å²) in [6, 6.07) is 11.4. The van der Waals surface area contributed by atoms with Crippen molar-refractivity contribution >= 4 is 23.0 Å². The third-order valence-electron chi connectivity index (χ3n) is 3.87. The second kappa shape index (κ2) is 6.75. The molecule has 1 aromatic carbocycles. The number of rotatable bonds is 6. The molecule has 4 rings (SSSR count). The van der Waals surface area contributed by atoms with E-state index in [1.54, 1.807) is 25.5 Å². The van der Waals surface area contributed by atoms with E-state index in [2.05, 4.69) is 20.3 Å². The van der Waals surface area contributed by atoms with Gasteiger partial charge in [-0.1, -0.05) is 12.1 Å². The summed E-state index contributed by atoms with van der Waals surface area (Å²) in [5, 5.41) is 3.15. The summed E-state index contributed by atoms with van der Waals surface area (Å²) in [7, 11) is 1.65. The SMILES string of the molecule is COc1ccc(CCNc2nc(N)c3nc(-c4ccco4)oc3n2)cc1. The summed E-state index contributed by atoms with van der Waals surface area (Å²) in [4.78, 5) is 12.9. The summed E-state index contributed by atoms with van der Waals surface area (Å²) in [5.74, 6) is 2.31. The molecule has 3 N–H and O–H groups in total. The highest BCUT2D eigenvalue weighted by Crippen LogP contribution is 2.26. The van der Waals surface area contributed by atoms with Gasteiger partial charge in [-0.15, -0.1) is 0 Å². The number of oxazole rings is 1. The lowest BCUT2D eigenvalue weighted by molar-refractivity contribution is 0.414. The summed E-state index contributed by atoms with van der Waals surface area (Å²) >= 11 is 0. The van der Waals surface area contributed by atoms with Gasteiger partial charge in [-0.3, -0.25) is 0 Å². The Morgan fingerprint density at radius 2 is 1.96 bits per heavy atom. The minimum atomic E-state index is 0.253. The molecule has 8 nitrogen and oxygen atoms in total. The molecule has 3 aromatic heterocycles. The van der Waals surface area contributed by atoms with Gasteiger partial charge in [0.25, 0.3) is 11.6 Å². The zero-order valence-corrected chi connectivity index (χ0v) is 14.1. The molecule has 0 saturated carbocycles. The van der Waals surface area contributed by atoms with E-state index in [0.29, 0.717) is 35.4 Å². The first kappa shape index (κ1) is 15.9. The molecule has 0 bridgehead atoms. The lowest BCUT2D eigenvalue weighted by Gasteiger charge is -2.06. The van der Waals surface area contributed by atoms with Gasteiger partial charge in [0, 0.05) is 6.54 Å². The van der Waals surface area contributed by atoms with Crippen LogP contribution in [0.4, 0.5) is 11.8 Å². The van der Waals surface area contributed by atoms with Gasteiger partial charge >= 0.3 is 0 Å². The van der Waals surface area contributed by atoms with Crippen molar-refractivity contribution in [2.24, 2.45) is 0 Å². The van der Waals surface area contributed by atoms with Gasteiger partial charge in [0.15, 0.2) is 17.1 Å². The van der Waals surface area contributed by atoms with Crippen molar-refractivity contribution in [3.63, 3.8) is 0 Å². The summed E-state index contributed by atoms with van der Waals surface area (Å²) in [5.41, 5.74) is 7.88. The van der Waals surface area contributed by atoms with E-state index in [4.69, 9.17) is 19.3 Å². The average Bonchev–Trinajstić information content (AvgIpc) is 3.32. The molecule has 0 fully saturated rings. The quantitative estimate of drug-likeness (QED) is 0.545. The fourth-order valence-corrected chi connectivity index (χ4v) is 2.54. The molecule has 0 aliphatic heterocycles. The molecule has 0 radical (unpaired) electrons. The Kier molecular flexibility index (Phi) is 4.14. The number of hydrogen-bond donors (Lipinski definition) is 2. The van der Waals surface area contributed by atoms with Gasteiger partial charge in [0.2, 0.25) is 5.95 Å². The van der Waals surface area contributed by atoms with Crippen LogP contribution in [-0.2, 0) is 6.42 Å². The Balaban J connectivity index is 1.48. The monoisotopic (exact) mass is 351 g/mol. The van der Waals surface area contributed by atoms with Crippen LogP contribution in [0.5, 0.6) is 5.75 Å². The lowest BCUT2D eigenvalue weighted by atomic mass is 10.1. The van der Waals surface area contributed by atoms with E-state index in [0.717, 1.165) is 12.2 Å². The minimum Gasteiger partial charge on any atom is -0.497 e. The number of hydrogen-bond acceptors (Lipinski definition) is 8. The number of furan rings is 1. The molecule has 0 amide bonds. The van der Waals surface area contributed by atoms with Crippen LogP contribution >= 0.6 is 0 Å². The van der Waals surface area contributed by atoms with Crippen LogP contribution in [0.2, 0.25) is 0 Å². The minimum absolute atomic E-state index is 0.253. The van der Waals surface area contributed by atoms with E-state index in [-0.39, 0.29) is 5.82 Å². The molecule has 0 aliphatic rings. The van der Waals surface area contributed by atoms with E-state index in [9.17, 15) is 0 Å². The third kappa shape index (κ3) is 3.16. The normalized spacial score (nSPS) is 11.0. The Labute approximate surface area is 149 Å². The fourth-order valence-electron chi connectivity index (χ4n) is 2.54. The van der Waals surface area contributed by atoms with Crippen molar-refractivity contribution in [1.82, 2.24) is 15.0 Å². The predicted molar refractivity (Wildman–Crippen MR) is 96.9 cm³/mol. The van der Waals surface area contributed by atoms with Gasteiger partial charge < -0.3 is 24.6 Å². The highest BCUT2D eigenvalue weighted by molar-refractivity contribution is 5.82. The van der Waals surface area contributed by atoms with E-state index in [1.807, 2.05) is 24.3 Å². The molecular formula is C18H17N5O3. The third-order valence-corrected chi connectivity index (χ3v) is 3.87. The molecule has 3 heterocycles. The molecule has 0 aliphatic carbocycles. The molecule has 26 heavy (non-hydrogen) atoms. The number of methoxy groups -OCH3 is 1. The van der Waals surface area contributed by atoms with Gasteiger partial charge in [-0.2, -0.15) is 9.97 Å². The van der Waals surface area contributed by atoms with Gasteiger partial charge in [-0.05, 0) is 36.2 Å². The molecular weight excluding hydrogens is 334 g/mol.